The highest BCUT2D eigenvalue weighted by atomic mass is 16.5. The molecule has 0 aliphatic rings. The molecular formula is C16H28N2O. The molecule has 0 heterocycles. The minimum absolute atomic E-state index is 0.367. The molecule has 0 aromatic heterocycles. The van der Waals surface area contributed by atoms with Crippen molar-refractivity contribution in [2.75, 3.05) is 33.3 Å². The molecule has 1 N–H and O–H groups in total. The van der Waals surface area contributed by atoms with Gasteiger partial charge in [0, 0.05) is 24.7 Å². The Labute approximate surface area is 118 Å². The van der Waals surface area contributed by atoms with Crippen molar-refractivity contribution in [2.45, 2.75) is 33.2 Å². The van der Waals surface area contributed by atoms with Gasteiger partial charge in [0.15, 0.2) is 0 Å². The zero-order valence-electron chi connectivity index (χ0n) is 12.8. The third-order valence-corrected chi connectivity index (χ3v) is 3.64. The molecule has 0 bridgehead atoms. The zero-order chi connectivity index (χ0) is 14.1. The average molecular weight is 264 g/mol. The first-order chi connectivity index (χ1) is 9.26. The van der Waals surface area contributed by atoms with E-state index in [-0.39, 0.29) is 0 Å². The topological polar surface area (TPSA) is 24.5 Å². The highest BCUT2D eigenvalue weighted by molar-refractivity contribution is 5.35. The smallest absolute Gasteiger partial charge is 0.123 e. The van der Waals surface area contributed by atoms with E-state index in [1.54, 1.807) is 7.11 Å². The second kappa shape index (κ2) is 8.94. The lowest BCUT2D eigenvalue weighted by atomic mass is 10.0. The number of nitrogens with one attached hydrogen (secondary N) is 1. The second-order valence-corrected chi connectivity index (χ2v) is 4.68. The molecule has 108 valence electrons. The molecule has 0 saturated carbocycles. The molecule has 1 aromatic carbocycles. The molecule has 3 heteroatoms. The van der Waals surface area contributed by atoms with Gasteiger partial charge in [0.25, 0.3) is 0 Å². The van der Waals surface area contributed by atoms with Crippen LogP contribution in [-0.2, 0) is 0 Å². The lowest BCUT2D eigenvalue weighted by Crippen LogP contribution is -2.33. The van der Waals surface area contributed by atoms with E-state index >= 15 is 0 Å². The van der Waals surface area contributed by atoms with Crippen LogP contribution in [0.4, 0.5) is 0 Å². The molecule has 0 radical (unpaired) electrons. The molecule has 0 saturated heterocycles. The van der Waals surface area contributed by atoms with Gasteiger partial charge in [-0.3, -0.25) is 0 Å². The van der Waals surface area contributed by atoms with Crippen molar-refractivity contribution < 1.29 is 4.74 Å². The molecule has 0 fully saturated rings. The van der Waals surface area contributed by atoms with Gasteiger partial charge in [0.2, 0.25) is 0 Å². The Bertz CT molecular complexity index is 350. The normalized spacial score (nSPS) is 12.7. The summed E-state index contributed by atoms with van der Waals surface area (Å²) >= 11 is 0. The van der Waals surface area contributed by atoms with Gasteiger partial charge in [-0.15, -0.1) is 0 Å². The molecule has 3 nitrogen and oxygen atoms in total. The monoisotopic (exact) mass is 264 g/mol. The van der Waals surface area contributed by atoms with Crippen LogP contribution in [0, 0.1) is 0 Å². The number of methoxy groups -OCH3 is 1. The summed E-state index contributed by atoms with van der Waals surface area (Å²) in [6.07, 6.45) is 1.07. The van der Waals surface area contributed by atoms with Crippen LogP contribution in [0.15, 0.2) is 24.3 Å². The van der Waals surface area contributed by atoms with Gasteiger partial charge in [-0.25, -0.2) is 0 Å². The van der Waals surface area contributed by atoms with Crippen molar-refractivity contribution >= 4 is 0 Å². The number of para-hydroxylation sites is 1. The minimum atomic E-state index is 0.367. The first-order valence-corrected chi connectivity index (χ1v) is 7.35. The summed E-state index contributed by atoms with van der Waals surface area (Å²) in [5.74, 6) is 0.977. The predicted octanol–water partition coefficient (Wildman–Crippen LogP) is 3.08. The summed E-state index contributed by atoms with van der Waals surface area (Å²) in [5, 5.41) is 3.64. The summed E-state index contributed by atoms with van der Waals surface area (Å²) in [7, 11) is 1.74. The van der Waals surface area contributed by atoms with Crippen LogP contribution in [0.2, 0.25) is 0 Å². The SMILES string of the molecule is CCC(NCCN(CC)CC)c1ccccc1OC. The van der Waals surface area contributed by atoms with Crippen LogP contribution in [0.3, 0.4) is 0 Å². The van der Waals surface area contributed by atoms with Gasteiger partial charge in [-0.2, -0.15) is 0 Å². The lowest BCUT2D eigenvalue weighted by molar-refractivity contribution is 0.294. The van der Waals surface area contributed by atoms with Crippen LogP contribution in [-0.4, -0.2) is 38.2 Å². The summed E-state index contributed by atoms with van der Waals surface area (Å²) < 4.78 is 5.45. The Morgan fingerprint density at radius 1 is 1.16 bits per heavy atom. The number of likely N-dealkylation sites (N-methyl/N-ethyl adjacent to an activating group) is 1. The molecular weight excluding hydrogens is 236 g/mol. The van der Waals surface area contributed by atoms with Crippen molar-refractivity contribution in [2.24, 2.45) is 0 Å². The second-order valence-electron chi connectivity index (χ2n) is 4.68. The fourth-order valence-electron chi connectivity index (χ4n) is 2.37. The molecule has 0 spiro atoms. The number of hydrogen-bond acceptors (Lipinski definition) is 3. The first-order valence-electron chi connectivity index (χ1n) is 7.35. The zero-order valence-corrected chi connectivity index (χ0v) is 12.8. The highest BCUT2D eigenvalue weighted by Crippen LogP contribution is 2.26. The highest BCUT2D eigenvalue weighted by Gasteiger charge is 2.13. The number of nitrogens with zero attached hydrogens (tertiary/aromatic N) is 1. The van der Waals surface area contributed by atoms with E-state index < -0.39 is 0 Å². The Morgan fingerprint density at radius 3 is 2.42 bits per heavy atom. The van der Waals surface area contributed by atoms with Gasteiger partial charge >= 0.3 is 0 Å². The van der Waals surface area contributed by atoms with Crippen LogP contribution in [0.25, 0.3) is 0 Å². The maximum Gasteiger partial charge on any atom is 0.123 e. The van der Waals surface area contributed by atoms with Gasteiger partial charge in [0.1, 0.15) is 5.75 Å². The van der Waals surface area contributed by atoms with Crippen molar-refractivity contribution in [3.05, 3.63) is 29.8 Å². The predicted molar refractivity (Wildman–Crippen MR) is 81.8 cm³/mol. The molecule has 1 rings (SSSR count). The standard InChI is InChI=1S/C16H28N2O/c1-5-15(17-12-13-18(6-2)7-3)14-10-8-9-11-16(14)19-4/h8-11,15,17H,5-7,12-13H2,1-4H3. The van der Waals surface area contributed by atoms with E-state index in [0.717, 1.165) is 38.3 Å². The van der Waals surface area contributed by atoms with Crippen LogP contribution in [0.1, 0.15) is 38.8 Å². The van der Waals surface area contributed by atoms with Gasteiger partial charge < -0.3 is 15.0 Å². The molecule has 19 heavy (non-hydrogen) atoms. The van der Waals surface area contributed by atoms with E-state index in [2.05, 4.69) is 43.1 Å². The van der Waals surface area contributed by atoms with Crippen molar-refractivity contribution in [1.82, 2.24) is 10.2 Å². The van der Waals surface area contributed by atoms with E-state index in [9.17, 15) is 0 Å². The van der Waals surface area contributed by atoms with Gasteiger partial charge in [-0.1, -0.05) is 39.0 Å². The Hall–Kier alpha value is -1.06. The molecule has 0 aliphatic carbocycles. The van der Waals surface area contributed by atoms with E-state index in [0.29, 0.717) is 6.04 Å². The van der Waals surface area contributed by atoms with E-state index in [1.165, 1.54) is 5.56 Å². The Morgan fingerprint density at radius 2 is 1.84 bits per heavy atom. The molecule has 1 atom stereocenters. The fourth-order valence-corrected chi connectivity index (χ4v) is 2.37. The number of rotatable bonds is 9. The first kappa shape index (κ1) is 16.0. The summed E-state index contributed by atoms with van der Waals surface area (Å²) in [5.41, 5.74) is 1.26. The number of ether oxygens (including phenoxy) is 1. The van der Waals surface area contributed by atoms with Crippen LogP contribution < -0.4 is 10.1 Å². The van der Waals surface area contributed by atoms with Crippen molar-refractivity contribution in [1.29, 1.82) is 0 Å². The summed E-state index contributed by atoms with van der Waals surface area (Å²) in [6.45, 7) is 11.0. The van der Waals surface area contributed by atoms with Crippen molar-refractivity contribution in [3.8, 4) is 5.75 Å². The van der Waals surface area contributed by atoms with E-state index in [1.807, 2.05) is 12.1 Å². The maximum atomic E-state index is 5.45. The summed E-state index contributed by atoms with van der Waals surface area (Å²) in [4.78, 5) is 2.43. The molecule has 0 aliphatic heterocycles. The third-order valence-electron chi connectivity index (χ3n) is 3.64. The fraction of sp³-hybridized carbons (Fsp3) is 0.625. The van der Waals surface area contributed by atoms with E-state index in [4.69, 9.17) is 4.74 Å². The van der Waals surface area contributed by atoms with Crippen molar-refractivity contribution in [3.63, 3.8) is 0 Å². The number of hydrogen-bond donors (Lipinski definition) is 1. The average Bonchev–Trinajstić information content (AvgIpc) is 2.48. The third kappa shape index (κ3) is 4.84. The quantitative estimate of drug-likeness (QED) is 0.742. The largest absolute Gasteiger partial charge is 0.496 e. The van der Waals surface area contributed by atoms with Crippen LogP contribution in [0.5, 0.6) is 5.75 Å². The maximum absolute atomic E-state index is 5.45. The van der Waals surface area contributed by atoms with Gasteiger partial charge in [0.05, 0.1) is 7.11 Å². The molecule has 1 aromatic rings. The lowest BCUT2D eigenvalue weighted by Gasteiger charge is -2.23. The molecule has 1 unspecified atom stereocenters. The summed E-state index contributed by atoms with van der Waals surface area (Å²) in [6, 6.07) is 8.64. The Kier molecular flexibility index (Phi) is 7.53. The minimum Gasteiger partial charge on any atom is -0.496 e. The van der Waals surface area contributed by atoms with Crippen LogP contribution >= 0.6 is 0 Å². The van der Waals surface area contributed by atoms with Gasteiger partial charge in [-0.05, 0) is 25.6 Å². The number of benzene rings is 1. The Balaban J connectivity index is 2.58. The molecule has 0 amide bonds.